The van der Waals surface area contributed by atoms with Crippen LogP contribution >= 0.6 is 11.6 Å². The molecular formula is C8H10ClN3O3. The predicted octanol–water partition coefficient (Wildman–Crippen LogP) is 0.628. The summed E-state index contributed by atoms with van der Waals surface area (Å²) in [6.45, 7) is 1.66. The molecule has 0 aliphatic carbocycles. The highest BCUT2D eigenvalue weighted by atomic mass is 35.5. The van der Waals surface area contributed by atoms with Gasteiger partial charge in [0.2, 0.25) is 5.91 Å². The molecule has 0 fully saturated rings. The van der Waals surface area contributed by atoms with E-state index >= 15 is 0 Å². The van der Waals surface area contributed by atoms with Crippen molar-refractivity contribution in [1.82, 2.24) is 15.8 Å². The summed E-state index contributed by atoms with van der Waals surface area (Å²) >= 11 is 5.45. The number of nitrogens with one attached hydrogen (secondary N) is 2. The molecule has 1 aromatic heterocycles. The van der Waals surface area contributed by atoms with Gasteiger partial charge in [0.25, 0.3) is 0 Å². The second-order valence-electron chi connectivity index (χ2n) is 2.78. The Bertz CT molecular complexity index is 337. The third-order valence-corrected chi connectivity index (χ3v) is 1.72. The average molecular weight is 232 g/mol. The maximum absolute atomic E-state index is 11.1. The number of nitrogens with zero attached hydrogens (tertiary/aromatic N) is 1. The number of halogens is 1. The number of hydrogen-bond acceptors (Lipinski definition) is 4. The molecule has 1 atom stereocenters. The maximum Gasteiger partial charge on any atom is 0.321 e. The number of aromatic nitrogens is 1. The first-order valence-electron chi connectivity index (χ1n) is 4.21. The number of carbonyl (C=O) groups excluding carboxylic acids is 2. The second-order valence-corrected chi connectivity index (χ2v) is 3.43. The molecule has 6 nitrogen and oxygen atoms in total. The lowest BCUT2D eigenvalue weighted by Crippen LogP contribution is -2.41. The molecule has 0 saturated heterocycles. The number of hydrogen-bond donors (Lipinski definition) is 2. The van der Waals surface area contributed by atoms with Gasteiger partial charge >= 0.3 is 6.03 Å². The van der Waals surface area contributed by atoms with Crippen molar-refractivity contribution < 1.29 is 14.1 Å². The van der Waals surface area contributed by atoms with E-state index in [0.717, 1.165) is 0 Å². The Morgan fingerprint density at radius 3 is 2.93 bits per heavy atom. The molecule has 0 bridgehead atoms. The minimum absolute atomic E-state index is 0.187. The predicted molar refractivity (Wildman–Crippen MR) is 52.2 cm³/mol. The molecule has 1 heterocycles. The van der Waals surface area contributed by atoms with Crippen molar-refractivity contribution in [2.75, 3.05) is 0 Å². The lowest BCUT2D eigenvalue weighted by atomic mass is 10.4. The van der Waals surface area contributed by atoms with Crippen LogP contribution in [0.1, 0.15) is 12.6 Å². The smallest absolute Gasteiger partial charge is 0.321 e. The summed E-state index contributed by atoms with van der Waals surface area (Å²) in [5, 5.41) is 7.31. The minimum atomic E-state index is -0.747. The van der Waals surface area contributed by atoms with E-state index < -0.39 is 17.3 Å². The van der Waals surface area contributed by atoms with Crippen molar-refractivity contribution >= 4 is 23.5 Å². The highest BCUT2D eigenvalue weighted by Crippen LogP contribution is 1.94. The standard InChI is InChI=1S/C8H10ClN3O3/c1-5(9)7(13)11-8(14)10-4-6-2-3-15-12-6/h2-3,5H,4H2,1H3,(H2,10,11,13,14). The topological polar surface area (TPSA) is 84.2 Å². The van der Waals surface area contributed by atoms with Crippen molar-refractivity contribution in [3.05, 3.63) is 18.0 Å². The van der Waals surface area contributed by atoms with Crippen molar-refractivity contribution in [2.45, 2.75) is 18.8 Å². The average Bonchev–Trinajstić information content (AvgIpc) is 2.66. The van der Waals surface area contributed by atoms with E-state index in [0.29, 0.717) is 5.69 Å². The Balaban J connectivity index is 2.28. The summed E-state index contributed by atoms with van der Waals surface area (Å²) in [5.74, 6) is -0.547. The van der Waals surface area contributed by atoms with Gasteiger partial charge in [0.1, 0.15) is 17.3 Å². The molecule has 15 heavy (non-hydrogen) atoms. The third kappa shape index (κ3) is 3.99. The zero-order valence-corrected chi connectivity index (χ0v) is 8.75. The first-order valence-corrected chi connectivity index (χ1v) is 4.65. The van der Waals surface area contributed by atoms with E-state index in [4.69, 9.17) is 11.6 Å². The number of carbonyl (C=O) groups is 2. The van der Waals surface area contributed by atoms with E-state index in [1.165, 1.54) is 13.2 Å². The Morgan fingerprint density at radius 1 is 1.67 bits per heavy atom. The summed E-state index contributed by atoms with van der Waals surface area (Å²) in [6, 6.07) is 0.988. The van der Waals surface area contributed by atoms with E-state index in [-0.39, 0.29) is 6.54 Å². The largest absolute Gasteiger partial charge is 0.364 e. The number of imide groups is 1. The monoisotopic (exact) mass is 231 g/mol. The number of alkyl halides is 1. The fourth-order valence-corrected chi connectivity index (χ4v) is 0.810. The molecule has 7 heteroatoms. The fraction of sp³-hybridized carbons (Fsp3) is 0.375. The molecule has 0 radical (unpaired) electrons. The molecular weight excluding hydrogens is 222 g/mol. The van der Waals surface area contributed by atoms with Crippen LogP contribution in [0.3, 0.4) is 0 Å². The van der Waals surface area contributed by atoms with Gasteiger partial charge in [-0.1, -0.05) is 5.16 Å². The van der Waals surface area contributed by atoms with Crippen molar-refractivity contribution in [1.29, 1.82) is 0 Å². The molecule has 1 unspecified atom stereocenters. The number of rotatable bonds is 3. The van der Waals surface area contributed by atoms with Crippen LogP contribution in [0, 0.1) is 0 Å². The van der Waals surface area contributed by atoms with Gasteiger partial charge in [-0.25, -0.2) is 4.79 Å². The van der Waals surface area contributed by atoms with Gasteiger partial charge in [0, 0.05) is 6.07 Å². The van der Waals surface area contributed by atoms with Crippen LogP contribution in [-0.2, 0) is 11.3 Å². The summed E-state index contributed by atoms with van der Waals surface area (Å²) in [4.78, 5) is 22.1. The minimum Gasteiger partial charge on any atom is -0.364 e. The lowest BCUT2D eigenvalue weighted by Gasteiger charge is -2.05. The SMILES string of the molecule is CC(Cl)C(=O)NC(=O)NCc1ccon1. The zero-order valence-electron chi connectivity index (χ0n) is 7.99. The first-order chi connectivity index (χ1) is 7.09. The van der Waals surface area contributed by atoms with Crippen molar-refractivity contribution in [2.24, 2.45) is 0 Å². The Kier molecular flexibility index (Phi) is 4.11. The Labute approximate surface area is 90.9 Å². The number of amides is 3. The van der Waals surface area contributed by atoms with Crippen LogP contribution in [0.15, 0.2) is 16.9 Å². The van der Waals surface area contributed by atoms with Gasteiger partial charge in [-0.2, -0.15) is 0 Å². The second kappa shape index (κ2) is 5.35. The third-order valence-electron chi connectivity index (χ3n) is 1.52. The lowest BCUT2D eigenvalue weighted by molar-refractivity contribution is -0.119. The van der Waals surface area contributed by atoms with Crippen molar-refractivity contribution in [3.8, 4) is 0 Å². The van der Waals surface area contributed by atoms with Gasteiger partial charge in [-0.3, -0.25) is 10.1 Å². The van der Waals surface area contributed by atoms with Crippen LogP contribution in [0.4, 0.5) is 4.79 Å². The van der Waals surface area contributed by atoms with E-state index in [2.05, 4.69) is 20.3 Å². The molecule has 82 valence electrons. The molecule has 3 amide bonds. The fourth-order valence-electron chi connectivity index (χ4n) is 0.755. The van der Waals surface area contributed by atoms with Crippen LogP contribution in [0.25, 0.3) is 0 Å². The molecule has 2 N–H and O–H groups in total. The highest BCUT2D eigenvalue weighted by molar-refractivity contribution is 6.31. The van der Waals surface area contributed by atoms with Crippen LogP contribution in [-0.4, -0.2) is 22.5 Å². The summed E-state index contributed by atoms with van der Waals surface area (Å²) in [6.07, 6.45) is 1.39. The molecule has 1 aromatic rings. The first kappa shape index (κ1) is 11.5. The molecule has 0 saturated carbocycles. The van der Waals surface area contributed by atoms with Crippen molar-refractivity contribution in [3.63, 3.8) is 0 Å². The van der Waals surface area contributed by atoms with Crippen LogP contribution < -0.4 is 10.6 Å². The van der Waals surface area contributed by atoms with Gasteiger partial charge < -0.3 is 9.84 Å². The Hall–Kier alpha value is -1.56. The van der Waals surface area contributed by atoms with Crippen LogP contribution in [0.2, 0.25) is 0 Å². The zero-order chi connectivity index (χ0) is 11.3. The Morgan fingerprint density at radius 2 is 2.40 bits per heavy atom. The summed E-state index contributed by atoms with van der Waals surface area (Å²) in [7, 11) is 0. The molecule has 0 spiro atoms. The molecule has 0 aliphatic heterocycles. The molecule has 0 aromatic carbocycles. The summed E-state index contributed by atoms with van der Waals surface area (Å²) in [5.41, 5.74) is 0.566. The van der Waals surface area contributed by atoms with Gasteiger partial charge in [-0.15, -0.1) is 11.6 Å². The van der Waals surface area contributed by atoms with Gasteiger partial charge in [0.05, 0.1) is 6.54 Å². The number of urea groups is 1. The highest BCUT2D eigenvalue weighted by Gasteiger charge is 2.12. The van der Waals surface area contributed by atoms with Gasteiger partial charge in [0.15, 0.2) is 0 Å². The van der Waals surface area contributed by atoms with Gasteiger partial charge in [-0.05, 0) is 6.92 Å². The maximum atomic E-state index is 11.1. The normalized spacial score (nSPS) is 11.9. The van der Waals surface area contributed by atoms with E-state index in [1.807, 2.05) is 0 Å². The van der Waals surface area contributed by atoms with E-state index in [9.17, 15) is 9.59 Å². The molecule has 1 rings (SSSR count). The van der Waals surface area contributed by atoms with E-state index in [1.54, 1.807) is 6.07 Å². The molecule has 0 aliphatic rings. The summed E-state index contributed by atoms with van der Waals surface area (Å²) < 4.78 is 4.56. The quantitative estimate of drug-likeness (QED) is 0.748. The van der Waals surface area contributed by atoms with Crippen LogP contribution in [0.5, 0.6) is 0 Å².